The SMILES string of the molecule is CCC(Oc1ccccc1Cl)C(=O)NC(C)c1ccccc1. The van der Waals surface area contributed by atoms with Gasteiger partial charge in [-0.05, 0) is 31.0 Å². The highest BCUT2D eigenvalue weighted by Gasteiger charge is 2.21. The molecular weight excluding hydrogens is 298 g/mol. The quantitative estimate of drug-likeness (QED) is 0.859. The van der Waals surface area contributed by atoms with E-state index in [1.807, 2.05) is 56.3 Å². The van der Waals surface area contributed by atoms with Crippen molar-refractivity contribution < 1.29 is 9.53 Å². The number of rotatable bonds is 6. The Hall–Kier alpha value is -2.00. The molecule has 0 aliphatic heterocycles. The van der Waals surface area contributed by atoms with Crippen molar-refractivity contribution in [2.24, 2.45) is 0 Å². The predicted molar refractivity (Wildman–Crippen MR) is 89.2 cm³/mol. The number of benzene rings is 2. The molecule has 3 nitrogen and oxygen atoms in total. The molecule has 2 rings (SSSR count). The van der Waals surface area contributed by atoms with Crippen LogP contribution < -0.4 is 10.1 Å². The minimum Gasteiger partial charge on any atom is -0.479 e. The third kappa shape index (κ3) is 4.25. The largest absolute Gasteiger partial charge is 0.479 e. The molecule has 0 aliphatic carbocycles. The first kappa shape index (κ1) is 16.4. The van der Waals surface area contributed by atoms with Gasteiger partial charge in [0.05, 0.1) is 11.1 Å². The van der Waals surface area contributed by atoms with Crippen LogP contribution in [0.15, 0.2) is 54.6 Å². The molecule has 0 saturated heterocycles. The van der Waals surface area contributed by atoms with Crippen LogP contribution in [0.1, 0.15) is 31.9 Å². The number of amides is 1. The van der Waals surface area contributed by atoms with Crippen LogP contribution in [0.2, 0.25) is 5.02 Å². The van der Waals surface area contributed by atoms with Gasteiger partial charge in [-0.3, -0.25) is 4.79 Å². The topological polar surface area (TPSA) is 38.3 Å². The van der Waals surface area contributed by atoms with Crippen molar-refractivity contribution in [1.29, 1.82) is 0 Å². The Bertz CT molecular complexity index is 615. The Balaban J connectivity index is 2.02. The van der Waals surface area contributed by atoms with Crippen molar-refractivity contribution in [1.82, 2.24) is 5.32 Å². The van der Waals surface area contributed by atoms with Crippen molar-refractivity contribution >= 4 is 17.5 Å². The number of carbonyl (C=O) groups is 1. The van der Waals surface area contributed by atoms with E-state index in [9.17, 15) is 4.79 Å². The Morgan fingerprint density at radius 2 is 1.77 bits per heavy atom. The number of carbonyl (C=O) groups excluding carboxylic acids is 1. The molecule has 0 fully saturated rings. The van der Waals surface area contributed by atoms with E-state index in [-0.39, 0.29) is 11.9 Å². The van der Waals surface area contributed by atoms with Crippen molar-refractivity contribution in [3.8, 4) is 5.75 Å². The van der Waals surface area contributed by atoms with E-state index in [0.29, 0.717) is 17.2 Å². The van der Waals surface area contributed by atoms with Crippen molar-refractivity contribution in [2.45, 2.75) is 32.4 Å². The van der Waals surface area contributed by atoms with E-state index < -0.39 is 6.10 Å². The van der Waals surface area contributed by atoms with Gasteiger partial charge >= 0.3 is 0 Å². The highest BCUT2D eigenvalue weighted by molar-refractivity contribution is 6.32. The molecule has 2 aromatic rings. The van der Waals surface area contributed by atoms with Gasteiger partial charge in [0.1, 0.15) is 5.75 Å². The monoisotopic (exact) mass is 317 g/mol. The molecular formula is C18H20ClNO2. The maximum atomic E-state index is 12.4. The van der Waals surface area contributed by atoms with E-state index in [0.717, 1.165) is 5.56 Å². The number of hydrogen-bond donors (Lipinski definition) is 1. The van der Waals surface area contributed by atoms with Gasteiger partial charge in [-0.15, -0.1) is 0 Å². The fourth-order valence-corrected chi connectivity index (χ4v) is 2.33. The van der Waals surface area contributed by atoms with Crippen LogP contribution in [0.25, 0.3) is 0 Å². The Labute approximate surface area is 136 Å². The molecule has 2 atom stereocenters. The number of nitrogens with one attached hydrogen (secondary N) is 1. The summed E-state index contributed by atoms with van der Waals surface area (Å²) < 4.78 is 5.75. The number of halogens is 1. The van der Waals surface area contributed by atoms with Crippen molar-refractivity contribution in [3.63, 3.8) is 0 Å². The van der Waals surface area contributed by atoms with E-state index >= 15 is 0 Å². The Kier molecular flexibility index (Phi) is 5.84. The first-order chi connectivity index (χ1) is 10.6. The lowest BCUT2D eigenvalue weighted by atomic mass is 10.1. The first-order valence-electron chi connectivity index (χ1n) is 7.38. The normalized spacial score (nSPS) is 13.2. The molecule has 0 radical (unpaired) electrons. The lowest BCUT2D eigenvalue weighted by Gasteiger charge is -2.21. The van der Waals surface area contributed by atoms with E-state index in [2.05, 4.69) is 5.32 Å². The van der Waals surface area contributed by atoms with Gasteiger partial charge in [0.2, 0.25) is 0 Å². The van der Waals surface area contributed by atoms with Gasteiger partial charge in [-0.25, -0.2) is 0 Å². The van der Waals surface area contributed by atoms with E-state index in [1.54, 1.807) is 12.1 Å². The third-order valence-electron chi connectivity index (χ3n) is 3.43. The van der Waals surface area contributed by atoms with Gasteiger partial charge in [0, 0.05) is 0 Å². The molecule has 0 aromatic heterocycles. The zero-order valence-corrected chi connectivity index (χ0v) is 13.5. The van der Waals surface area contributed by atoms with E-state index in [4.69, 9.17) is 16.3 Å². The molecule has 1 amide bonds. The van der Waals surface area contributed by atoms with Crippen LogP contribution in [0.3, 0.4) is 0 Å². The molecule has 1 N–H and O–H groups in total. The van der Waals surface area contributed by atoms with Crippen LogP contribution in [-0.4, -0.2) is 12.0 Å². The van der Waals surface area contributed by atoms with Gasteiger partial charge < -0.3 is 10.1 Å². The Morgan fingerprint density at radius 1 is 1.14 bits per heavy atom. The summed E-state index contributed by atoms with van der Waals surface area (Å²) in [6.45, 7) is 3.86. The number of ether oxygens (including phenoxy) is 1. The van der Waals surface area contributed by atoms with Crippen LogP contribution in [0.5, 0.6) is 5.75 Å². The van der Waals surface area contributed by atoms with Crippen LogP contribution >= 0.6 is 11.6 Å². The smallest absolute Gasteiger partial charge is 0.261 e. The highest BCUT2D eigenvalue weighted by Crippen LogP contribution is 2.25. The van der Waals surface area contributed by atoms with Gasteiger partial charge in [-0.1, -0.05) is 61.0 Å². The van der Waals surface area contributed by atoms with E-state index in [1.165, 1.54) is 0 Å². The average molecular weight is 318 g/mol. The van der Waals surface area contributed by atoms with Crippen molar-refractivity contribution in [2.75, 3.05) is 0 Å². The Morgan fingerprint density at radius 3 is 2.41 bits per heavy atom. The van der Waals surface area contributed by atoms with Crippen LogP contribution in [0.4, 0.5) is 0 Å². The minimum atomic E-state index is -0.564. The van der Waals surface area contributed by atoms with Gasteiger partial charge in [0.15, 0.2) is 6.10 Å². The van der Waals surface area contributed by atoms with Gasteiger partial charge in [-0.2, -0.15) is 0 Å². The summed E-state index contributed by atoms with van der Waals surface area (Å²) in [6, 6.07) is 16.9. The standard InChI is InChI=1S/C18H20ClNO2/c1-3-16(22-17-12-8-7-11-15(17)19)18(21)20-13(2)14-9-5-4-6-10-14/h4-13,16H,3H2,1-2H3,(H,20,21). The second kappa shape index (κ2) is 7.85. The molecule has 0 heterocycles. The summed E-state index contributed by atoms with van der Waals surface area (Å²) in [6.07, 6.45) is 0.00419. The maximum absolute atomic E-state index is 12.4. The third-order valence-corrected chi connectivity index (χ3v) is 3.74. The number of hydrogen-bond acceptors (Lipinski definition) is 2. The second-order valence-electron chi connectivity index (χ2n) is 5.09. The molecule has 0 spiro atoms. The fraction of sp³-hybridized carbons (Fsp3) is 0.278. The zero-order valence-electron chi connectivity index (χ0n) is 12.8. The number of para-hydroxylation sites is 1. The molecule has 2 aromatic carbocycles. The van der Waals surface area contributed by atoms with Crippen LogP contribution in [-0.2, 0) is 4.79 Å². The first-order valence-corrected chi connectivity index (χ1v) is 7.76. The summed E-state index contributed by atoms with van der Waals surface area (Å²) in [4.78, 5) is 12.4. The molecule has 0 bridgehead atoms. The molecule has 22 heavy (non-hydrogen) atoms. The summed E-state index contributed by atoms with van der Waals surface area (Å²) in [5, 5.41) is 3.48. The molecule has 2 unspecified atom stereocenters. The molecule has 4 heteroatoms. The summed E-state index contributed by atoms with van der Waals surface area (Å²) in [5.41, 5.74) is 1.06. The molecule has 0 aliphatic rings. The van der Waals surface area contributed by atoms with Gasteiger partial charge in [0.25, 0.3) is 5.91 Å². The summed E-state index contributed by atoms with van der Waals surface area (Å²) in [5.74, 6) is 0.386. The molecule has 0 saturated carbocycles. The predicted octanol–water partition coefficient (Wildman–Crippen LogP) is 4.37. The lowest BCUT2D eigenvalue weighted by Crippen LogP contribution is -2.39. The lowest BCUT2D eigenvalue weighted by molar-refractivity contribution is -0.128. The highest BCUT2D eigenvalue weighted by atomic mass is 35.5. The molecule has 116 valence electrons. The fourth-order valence-electron chi connectivity index (χ4n) is 2.15. The zero-order chi connectivity index (χ0) is 15.9. The summed E-state index contributed by atoms with van der Waals surface area (Å²) in [7, 11) is 0. The maximum Gasteiger partial charge on any atom is 0.261 e. The van der Waals surface area contributed by atoms with Crippen molar-refractivity contribution in [3.05, 3.63) is 65.2 Å². The minimum absolute atomic E-state index is 0.0717. The second-order valence-corrected chi connectivity index (χ2v) is 5.49. The summed E-state index contributed by atoms with van der Waals surface area (Å²) >= 11 is 6.07. The van der Waals surface area contributed by atoms with Crippen LogP contribution in [0, 0.1) is 0 Å². The average Bonchev–Trinajstić information content (AvgIpc) is 2.54.